The van der Waals surface area contributed by atoms with Gasteiger partial charge in [-0.3, -0.25) is 0 Å². The number of hydrogen-bond acceptors (Lipinski definition) is 4. The lowest BCUT2D eigenvalue weighted by molar-refractivity contribution is 0.354. The molecule has 0 N–H and O–H groups in total. The third-order valence-corrected chi connectivity index (χ3v) is 6.79. The van der Waals surface area contributed by atoms with Gasteiger partial charge in [0, 0.05) is 13.6 Å². The van der Waals surface area contributed by atoms with Crippen LogP contribution in [-0.2, 0) is 29.3 Å². The van der Waals surface area contributed by atoms with E-state index in [-0.39, 0.29) is 0 Å². The summed E-state index contributed by atoms with van der Waals surface area (Å²) in [5.41, 5.74) is 3.44. The molecule has 2 aromatic carbocycles. The molecular formula is C20H25NO4S. The van der Waals surface area contributed by atoms with Crippen molar-refractivity contribution >= 4 is 10.0 Å². The molecule has 1 aliphatic rings. The highest BCUT2D eigenvalue weighted by Crippen LogP contribution is 2.28. The molecule has 0 saturated carbocycles. The van der Waals surface area contributed by atoms with Crippen LogP contribution in [0, 0.1) is 0 Å². The first-order valence-electron chi connectivity index (χ1n) is 8.74. The zero-order chi connectivity index (χ0) is 18.7. The van der Waals surface area contributed by atoms with E-state index in [1.54, 1.807) is 27.3 Å². The Morgan fingerprint density at radius 3 is 2.42 bits per heavy atom. The Hall–Kier alpha value is -2.05. The Morgan fingerprint density at radius 2 is 1.69 bits per heavy atom. The van der Waals surface area contributed by atoms with Crippen molar-refractivity contribution in [2.24, 2.45) is 0 Å². The van der Waals surface area contributed by atoms with E-state index in [4.69, 9.17) is 9.47 Å². The molecule has 26 heavy (non-hydrogen) atoms. The zero-order valence-corrected chi connectivity index (χ0v) is 16.3. The maximum Gasteiger partial charge on any atom is 0.242 e. The summed E-state index contributed by atoms with van der Waals surface area (Å²) in [6.07, 6.45) is 3.72. The van der Waals surface area contributed by atoms with Crippen LogP contribution in [0.15, 0.2) is 41.3 Å². The summed E-state index contributed by atoms with van der Waals surface area (Å²) in [6.45, 7) is 0.398. The minimum absolute atomic E-state index is 0.382. The minimum atomic E-state index is -3.48. The van der Waals surface area contributed by atoms with Gasteiger partial charge in [0.25, 0.3) is 0 Å². The van der Waals surface area contributed by atoms with Gasteiger partial charge < -0.3 is 9.47 Å². The zero-order valence-electron chi connectivity index (χ0n) is 15.5. The standard InChI is InChI=1S/C20H25NO4S/c1-21(12-11-15-7-10-19(24-2)20(13-15)25-3)26(22,23)18-9-8-16-5-4-6-17(16)14-18/h7-10,13-14H,4-6,11-12H2,1-3H3. The van der Waals surface area contributed by atoms with Crippen molar-refractivity contribution < 1.29 is 17.9 Å². The third kappa shape index (κ3) is 3.71. The molecule has 0 unspecified atom stereocenters. The fourth-order valence-corrected chi connectivity index (χ4v) is 4.55. The number of hydrogen-bond donors (Lipinski definition) is 0. The Balaban J connectivity index is 1.72. The third-order valence-electron chi connectivity index (χ3n) is 4.94. The van der Waals surface area contributed by atoms with E-state index in [0.717, 1.165) is 24.8 Å². The lowest BCUT2D eigenvalue weighted by atomic mass is 10.1. The van der Waals surface area contributed by atoms with Crippen molar-refractivity contribution in [3.8, 4) is 11.5 Å². The van der Waals surface area contributed by atoms with Gasteiger partial charge in [-0.25, -0.2) is 12.7 Å². The van der Waals surface area contributed by atoms with Gasteiger partial charge in [0.1, 0.15) is 0 Å². The Kier molecular flexibility index (Phi) is 5.53. The summed E-state index contributed by atoms with van der Waals surface area (Å²) >= 11 is 0. The molecule has 0 saturated heterocycles. The second-order valence-corrected chi connectivity index (χ2v) is 8.59. The van der Waals surface area contributed by atoms with Gasteiger partial charge >= 0.3 is 0 Å². The molecule has 5 nitrogen and oxygen atoms in total. The van der Waals surface area contributed by atoms with Crippen molar-refractivity contribution in [3.63, 3.8) is 0 Å². The average molecular weight is 375 g/mol. The average Bonchev–Trinajstić information content (AvgIpc) is 3.13. The first-order valence-corrected chi connectivity index (χ1v) is 10.2. The summed E-state index contributed by atoms with van der Waals surface area (Å²) in [6, 6.07) is 11.2. The van der Waals surface area contributed by atoms with E-state index in [1.165, 1.54) is 15.4 Å². The van der Waals surface area contributed by atoms with Crippen LogP contribution in [-0.4, -0.2) is 40.5 Å². The molecule has 0 fully saturated rings. The number of ether oxygens (including phenoxy) is 2. The molecular weight excluding hydrogens is 350 g/mol. The highest BCUT2D eigenvalue weighted by atomic mass is 32.2. The van der Waals surface area contributed by atoms with Gasteiger partial charge in [-0.15, -0.1) is 0 Å². The number of benzene rings is 2. The molecule has 0 aromatic heterocycles. The van der Waals surface area contributed by atoms with Gasteiger partial charge in [-0.05, 0) is 66.6 Å². The summed E-state index contributed by atoms with van der Waals surface area (Å²) in [4.78, 5) is 0.382. The Morgan fingerprint density at radius 1 is 0.962 bits per heavy atom. The summed E-state index contributed by atoms with van der Waals surface area (Å²) in [5, 5.41) is 0. The fraction of sp³-hybridized carbons (Fsp3) is 0.400. The van der Waals surface area contributed by atoms with E-state index in [2.05, 4.69) is 0 Å². The molecule has 6 heteroatoms. The molecule has 0 aliphatic heterocycles. The van der Waals surface area contributed by atoms with Gasteiger partial charge in [0.15, 0.2) is 11.5 Å². The van der Waals surface area contributed by atoms with Crippen molar-refractivity contribution in [1.29, 1.82) is 0 Å². The van der Waals surface area contributed by atoms with Crippen molar-refractivity contribution in [1.82, 2.24) is 4.31 Å². The number of rotatable bonds is 7. The predicted octanol–water partition coefficient (Wildman–Crippen LogP) is 3.06. The largest absolute Gasteiger partial charge is 0.493 e. The summed E-state index contributed by atoms with van der Waals surface area (Å²) in [5.74, 6) is 1.31. The number of likely N-dealkylation sites (N-methyl/N-ethyl adjacent to an activating group) is 1. The number of nitrogens with zero attached hydrogens (tertiary/aromatic N) is 1. The van der Waals surface area contributed by atoms with Gasteiger partial charge in [-0.2, -0.15) is 0 Å². The molecule has 0 radical (unpaired) electrons. The maximum absolute atomic E-state index is 12.9. The van der Waals surface area contributed by atoms with Gasteiger partial charge in [0.2, 0.25) is 10.0 Å². The molecule has 1 aliphatic carbocycles. The quantitative estimate of drug-likeness (QED) is 0.746. The highest BCUT2D eigenvalue weighted by molar-refractivity contribution is 7.89. The van der Waals surface area contributed by atoms with Crippen LogP contribution >= 0.6 is 0 Å². The van der Waals surface area contributed by atoms with Crippen molar-refractivity contribution in [2.75, 3.05) is 27.8 Å². The topological polar surface area (TPSA) is 55.8 Å². The minimum Gasteiger partial charge on any atom is -0.493 e. The van der Waals surface area contributed by atoms with Gasteiger partial charge in [0.05, 0.1) is 19.1 Å². The van der Waals surface area contributed by atoms with E-state index >= 15 is 0 Å². The van der Waals surface area contributed by atoms with Crippen molar-refractivity contribution in [2.45, 2.75) is 30.6 Å². The lowest BCUT2D eigenvalue weighted by Gasteiger charge is -2.18. The Labute approximate surface area is 155 Å². The van der Waals surface area contributed by atoms with E-state index in [1.807, 2.05) is 30.3 Å². The molecule has 0 heterocycles. The van der Waals surface area contributed by atoms with Crippen LogP contribution in [0.1, 0.15) is 23.1 Å². The van der Waals surface area contributed by atoms with E-state index in [9.17, 15) is 8.42 Å². The SMILES string of the molecule is COc1ccc(CCN(C)S(=O)(=O)c2ccc3c(c2)CCC3)cc1OC. The molecule has 0 atom stereocenters. The van der Waals surface area contributed by atoms with E-state index in [0.29, 0.717) is 29.4 Å². The summed E-state index contributed by atoms with van der Waals surface area (Å²) in [7, 11) is 1.33. The predicted molar refractivity (Wildman–Crippen MR) is 102 cm³/mol. The van der Waals surface area contributed by atoms with Crippen LogP contribution in [0.5, 0.6) is 11.5 Å². The van der Waals surface area contributed by atoms with Crippen LogP contribution in [0.3, 0.4) is 0 Å². The smallest absolute Gasteiger partial charge is 0.242 e. The molecule has 3 rings (SSSR count). The summed E-state index contributed by atoms with van der Waals surface area (Å²) < 4.78 is 37.7. The second-order valence-electron chi connectivity index (χ2n) is 6.55. The highest BCUT2D eigenvalue weighted by Gasteiger charge is 2.23. The first kappa shape index (κ1) is 18.7. The fourth-order valence-electron chi connectivity index (χ4n) is 3.33. The van der Waals surface area contributed by atoms with E-state index < -0.39 is 10.0 Å². The monoisotopic (exact) mass is 375 g/mol. The molecule has 0 amide bonds. The molecule has 2 aromatic rings. The maximum atomic E-state index is 12.9. The number of sulfonamides is 1. The van der Waals surface area contributed by atoms with Crippen molar-refractivity contribution in [3.05, 3.63) is 53.1 Å². The number of aryl methyl sites for hydroxylation is 2. The van der Waals surface area contributed by atoms with Crippen LogP contribution in [0.2, 0.25) is 0 Å². The number of methoxy groups -OCH3 is 2. The van der Waals surface area contributed by atoms with Gasteiger partial charge in [-0.1, -0.05) is 12.1 Å². The Bertz CT molecular complexity index is 893. The molecule has 0 bridgehead atoms. The number of fused-ring (bicyclic) bond motifs is 1. The van der Waals surface area contributed by atoms with Crippen LogP contribution in [0.4, 0.5) is 0 Å². The molecule has 140 valence electrons. The second kappa shape index (κ2) is 7.68. The normalized spacial score (nSPS) is 13.7. The molecule has 0 spiro atoms. The van der Waals surface area contributed by atoms with Crippen LogP contribution in [0.25, 0.3) is 0 Å². The lowest BCUT2D eigenvalue weighted by Crippen LogP contribution is -2.29. The van der Waals surface area contributed by atoms with Crippen LogP contribution < -0.4 is 9.47 Å². The first-order chi connectivity index (χ1) is 12.5.